The summed E-state index contributed by atoms with van der Waals surface area (Å²) in [5.74, 6) is 0.335. The number of ether oxygens (including phenoxy) is 1. The molecule has 0 saturated carbocycles. The number of carbonyl (C=O) groups excluding carboxylic acids is 2. The van der Waals surface area contributed by atoms with E-state index in [4.69, 9.17) is 4.74 Å². The van der Waals surface area contributed by atoms with Crippen molar-refractivity contribution in [2.75, 3.05) is 38.8 Å². The number of amides is 1. The average molecular weight is 290 g/mol. The van der Waals surface area contributed by atoms with E-state index < -0.39 is 0 Å². The lowest BCUT2D eigenvalue weighted by atomic mass is 10.4. The first kappa shape index (κ1) is 15.0. The van der Waals surface area contributed by atoms with Gasteiger partial charge in [-0.1, -0.05) is 6.07 Å². The van der Waals surface area contributed by atoms with Gasteiger partial charge in [-0.3, -0.25) is 14.0 Å². The summed E-state index contributed by atoms with van der Waals surface area (Å²) in [4.78, 5) is 29.1. The minimum absolute atomic E-state index is 0.119. The van der Waals surface area contributed by atoms with E-state index in [1.54, 1.807) is 29.7 Å². The summed E-state index contributed by atoms with van der Waals surface area (Å²) in [7, 11) is 3.30. The molecule has 112 valence electrons. The van der Waals surface area contributed by atoms with E-state index in [0.29, 0.717) is 30.3 Å². The van der Waals surface area contributed by atoms with Crippen LogP contribution in [0.4, 0.5) is 5.82 Å². The summed E-state index contributed by atoms with van der Waals surface area (Å²) in [6.45, 7) is 1.03. The molecule has 0 aromatic carbocycles. The molecule has 7 nitrogen and oxygen atoms in total. The molecule has 0 aliphatic carbocycles. The Morgan fingerprint density at radius 3 is 3.05 bits per heavy atom. The van der Waals surface area contributed by atoms with Crippen molar-refractivity contribution in [2.45, 2.75) is 0 Å². The Bertz CT molecular complexity index is 638. The first-order valence-corrected chi connectivity index (χ1v) is 6.56. The number of hydrogen-bond donors (Lipinski definition) is 1. The number of imidazole rings is 1. The number of nitrogens with zero attached hydrogens (tertiary/aromatic N) is 3. The van der Waals surface area contributed by atoms with Crippen LogP contribution in [-0.2, 0) is 9.53 Å². The molecule has 0 radical (unpaired) electrons. The molecule has 0 bridgehead atoms. The van der Waals surface area contributed by atoms with Crippen molar-refractivity contribution in [1.29, 1.82) is 0 Å². The Labute approximate surface area is 122 Å². The third-order valence-electron chi connectivity index (χ3n) is 3.03. The molecule has 0 saturated heterocycles. The van der Waals surface area contributed by atoms with Crippen molar-refractivity contribution < 1.29 is 14.3 Å². The van der Waals surface area contributed by atoms with Crippen LogP contribution in [0.2, 0.25) is 0 Å². The summed E-state index contributed by atoms with van der Waals surface area (Å²) in [5, 5.41) is 2.73. The van der Waals surface area contributed by atoms with Gasteiger partial charge in [0, 0.05) is 26.9 Å². The lowest BCUT2D eigenvalue weighted by Crippen LogP contribution is -2.37. The molecule has 2 aromatic rings. The van der Waals surface area contributed by atoms with Crippen molar-refractivity contribution in [3.63, 3.8) is 0 Å². The normalized spacial score (nSPS) is 10.6. The largest absolute Gasteiger partial charge is 0.383 e. The van der Waals surface area contributed by atoms with Gasteiger partial charge in [-0.25, -0.2) is 4.98 Å². The van der Waals surface area contributed by atoms with Crippen molar-refractivity contribution >= 4 is 23.7 Å². The van der Waals surface area contributed by atoms with E-state index in [2.05, 4.69) is 10.3 Å². The number of carbonyl (C=O) groups is 2. The van der Waals surface area contributed by atoms with E-state index in [1.807, 2.05) is 18.2 Å². The van der Waals surface area contributed by atoms with Crippen LogP contribution >= 0.6 is 0 Å². The molecule has 2 heterocycles. The molecule has 1 amide bonds. The zero-order valence-electron chi connectivity index (χ0n) is 12.1. The number of methoxy groups -OCH3 is 1. The number of pyridine rings is 1. The Hall–Kier alpha value is -2.41. The van der Waals surface area contributed by atoms with Crippen LogP contribution in [0.1, 0.15) is 10.5 Å². The number of aromatic nitrogens is 2. The molecule has 0 atom stereocenters. The molecular weight excluding hydrogens is 272 g/mol. The molecule has 0 spiro atoms. The van der Waals surface area contributed by atoms with Gasteiger partial charge >= 0.3 is 0 Å². The minimum Gasteiger partial charge on any atom is -0.383 e. The lowest BCUT2D eigenvalue weighted by molar-refractivity contribution is -0.119. The molecular formula is C14H18N4O3. The maximum atomic E-state index is 11.8. The molecule has 1 N–H and O–H groups in total. The molecule has 2 aromatic heterocycles. The van der Waals surface area contributed by atoms with Crippen molar-refractivity contribution in [3.05, 3.63) is 30.1 Å². The zero-order chi connectivity index (χ0) is 15.2. The van der Waals surface area contributed by atoms with E-state index in [9.17, 15) is 9.59 Å². The van der Waals surface area contributed by atoms with Crippen LogP contribution in [-0.4, -0.2) is 55.4 Å². The summed E-state index contributed by atoms with van der Waals surface area (Å²) in [6.07, 6.45) is 2.51. The number of fused-ring (bicyclic) bond motifs is 1. The maximum absolute atomic E-state index is 11.8. The number of aldehydes is 1. The van der Waals surface area contributed by atoms with E-state index in [1.165, 1.54) is 0 Å². The molecule has 0 fully saturated rings. The average Bonchev–Trinajstić information content (AvgIpc) is 2.86. The quantitative estimate of drug-likeness (QED) is 0.588. The third-order valence-corrected chi connectivity index (χ3v) is 3.03. The fourth-order valence-electron chi connectivity index (χ4n) is 2.03. The fraction of sp³-hybridized carbons (Fsp3) is 0.357. The van der Waals surface area contributed by atoms with Gasteiger partial charge in [-0.2, -0.15) is 0 Å². The number of likely N-dealkylation sites (N-methyl/N-ethyl adjacent to an activating group) is 1. The Morgan fingerprint density at radius 1 is 1.52 bits per heavy atom. The van der Waals surface area contributed by atoms with Gasteiger partial charge < -0.3 is 15.0 Å². The zero-order valence-corrected chi connectivity index (χ0v) is 12.1. The maximum Gasteiger partial charge on any atom is 0.239 e. The number of nitrogens with one attached hydrogen (secondary N) is 1. The number of hydrogen-bond acceptors (Lipinski definition) is 5. The molecule has 0 unspecified atom stereocenters. The first-order valence-electron chi connectivity index (χ1n) is 6.56. The van der Waals surface area contributed by atoms with Crippen molar-refractivity contribution in [3.8, 4) is 0 Å². The molecule has 0 aliphatic rings. The summed E-state index contributed by atoms with van der Waals surface area (Å²) in [5.41, 5.74) is 1.10. The van der Waals surface area contributed by atoms with Gasteiger partial charge in [-0.15, -0.1) is 0 Å². The highest BCUT2D eigenvalue weighted by atomic mass is 16.5. The van der Waals surface area contributed by atoms with Crippen LogP contribution in [0.5, 0.6) is 0 Å². The lowest BCUT2D eigenvalue weighted by Gasteiger charge is -2.16. The minimum atomic E-state index is -0.150. The molecule has 2 rings (SSSR count). The van der Waals surface area contributed by atoms with Crippen molar-refractivity contribution in [2.24, 2.45) is 0 Å². The number of anilines is 1. The second-order valence-corrected chi connectivity index (χ2v) is 4.57. The van der Waals surface area contributed by atoms with Gasteiger partial charge in [0.2, 0.25) is 5.91 Å². The molecule has 21 heavy (non-hydrogen) atoms. The highest BCUT2D eigenvalue weighted by Crippen LogP contribution is 2.18. The van der Waals surface area contributed by atoms with Gasteiger partial charge in [0.15, 0.2) is 12.1 Å². The number of rotatable bonds is 7. The summed E-state index contributed by atoms with van der Waals surface area (Å²) < 4.78 is 6.56. The molecule has 0 aliphatic heterocycles. The molecule has 7 heteroatoms. The van der Waals surface area contributed by atoms with Crippen LogP contribution in [0.15, 0.2) is 24.4 Å². The Kier molecular flexibility index (Phi) is 4.89. The smallest absolute Gasteiger partial charge is 0.239 e. The van der Waals surface area contributed by atoms with E-state index >= 15 is 0 Å². The fourth-order valence-corrected chi connectivity index (χ4v) is 2.03. The van der Waals surface area contributed by atoms with E-state index in [0.717, 1.165) is 6.29 Å². The van der Waals surface area contributed by atoms with Gasteiger partial charge in [-0.05, 0) is 12.1 Å². The van der Waals surface area contributed by atoms with Gasteiger partial charge in [0.1, 0.15) is 11.3 Å². The Balaban J connectivity index is 2.13. The predicted molar refractivity (Wildman–Crippen MR) is 78.7 cm³/mol. The standard InChI is InChI=1S/C14H18N4O3/c1-17(9-13(20)15-6-8-21-2)14-11(10-19)18-7-4-3-5-12(18)16-14/h3-5,7,10H,6,8-9H2,1-2H3,(H,15,20). The van der Waals surface area contributed by atoms with Crippen molar-refractivity contribution in [1.82, 2.24) is 14.7 Å². The highest BCUT2D eigenvalue weighted by Gasteiger charge is 2.16. The van der Waals surface area contributed by atoms with E-state index in [-0.39, 0.29) is 12.5 Å². The topological polar surface area (TPSA) is 75.9 Å². The highest BCUT2D eigenvalue weighted by molar-refractivity contribution is 5.86. The van der Waals surface area contributed by atoms with Crippen LogP contribution in [0, 0.1) is 0 Å². The SMILES string of the molecule is COCCNC(=O)CN(C)c1nc2ccccn2c1C=O. The summed E-state index contributed by atoms with van der Waals surface area (Å²) >= 11 is 0. The van der Waals surface area contributed by atoms with Crippen LogP contribution in [0.3, 0.4) is 0 Å². The third kappa shape index (κ3) is 3.38. The second-order valence-electron chi connectivity index (χ2n) is 4.57. The Morgan fingerprint density at radius 2 is 2.33 bits per heavy atom. The monoisotopic (exact) mass is 290 g/mol. The second kappa shape index (κ2) is 6.85. The first-order chi connectivity index (χ1) is 10.2. The van der Waals surface area contributed by atoms with Gasteiger partial charge in [0.25, 0.3) is 0 Å². The summed E-state index contributed by atoms with van der Waals surface area (Å²) in [6, 6.07) is 5.48. The predicted octanol–water partition coefficient (Wildman–Crippen LogP) is 0.346. The van der Waals surface area contributed by atoms with Gasteiger partial charge in [0.05, 0.1) is 13.2 Å². The van der Waals surface area contributed by atoms with Crippen LogP contribution in [0.25, 0.3) is 5.65 Å². The van der Waals surface area contributed by atoms with Crippen LogP contribution < -0.4 is 10.2 Å².